The van der Waals surface area contributed by atoms with Crippen LogP contribution in [0.25, 0.3) is 11.0 Å². The van der Waals surface area contributed by atoms with E-state index in [1.165, 1.54) is 30.3 Å². The van der Waals surface area contributed by atoms with Gasteiger partial charge in [-0.25, -0.2) is 4.98 Å². The number of aliphatic hydroxyl groups is 1. The van der Waals surface area contributed by atoms with Crippen molar-refractivity contribution in [2.45, 2.75) is 6.10 Å². The Morgan fingerprint density at radius 3 is 2.81 bits per heavy atom. The van der Waals surface area contributed by atoms with Crippen LogP contribution in [0.1, 0.15) is 17.4 Å². The van der Waals surface area contributed by atoms with Crippen molar-refractivity contribution in [1.82, 2.24) is 9.97 Å². The molecule has 1 heterocycles. The Labute approximate surface area is 150 Å². The van der Waals surface area contributed by atoms with Crippen LogP contribution in [0.4, 0.5) is 5.69 Å². The van der Waals surface area contributed by atoms with Gasteiger partial charge in [0, 0.05) is 17.2 Å². The Morgan fingerprint density at radius 1 is 1.35 bits per heavy atom. The lowest BCUT2D eigenvalue weighted by Crippen LogP contribution is -2.26. The molecule has 0 fully saturated rings. The normalized spacial score (nSPS) is 12.9. The van der Waals surface area contributed by atoms with E-state index < -0.39 is 16.6 Å². The maximum atomic E-state index is 12.3. The first-order chi connectivity index (χ1) is 12.4. The SMILES string of the molecule is N/N=C(/c1nc2ccc(Cl)cc2[nH]c1=O)C(O)c1cccc([N+](=O)[O-])c1. The molecule has 1 aromatic heterocycles. The molecule has 132 valence electrons. The van der Waals surface area contributed by atoms with E-state index in [9.17, 15) is 20.0 Å². The molecular weight excluding hydrogens is 362 g/mol. The third-order valence-electron chi connectivity index (χ3n) is 3.69. The molecule has 3 aromatic rings. The first kappa shape index (κ1) is 17.5. The van der Waals surface area contributed by atoms with Gasteiger partial charge in [-0.1, -0.05) is 23.7 Å². The van der Waals surface area contributed by atoms with Gasteiger partial charge < -0.3 is 15.9 Å². The first-order valence-electron chi connectivity index (χ1n) is 7.31. The Kier molecular flexibility index (Phi) is 4.65. The molecule has 1 atom stereocenters. The average Bonchev–Trinajstić information content (AvgIpc) is 2.62. The van der Waals surface area contributed by atoms with Crippen LogP contribution < -0.4 is 11.4 Å². The minimum Gasteiger partial charge on any atom is -0.382 e. The summed E-state index contributed by atoms with van der Waals surface area (Å²) in [7, 11) is 0. The molecule has 4 N–H and O–H groups in total. The van der Waals surface area contributed by atoms with Crippen LogP contribution >= 0.6 is 11.6 Å². The number of benzene rings is 2. The van der Waals surface area contributed by atoms with Gasteiger partial charge in [0.05, 0.1) is 16.0 Å². The maximum absolute atomic E-state index is 12.3. The molecule has 0 amide bonds. The van der Waals surface area contributed by atoms with E-state index in [2.05, 4.69) is 15.1 Å². The summed E-state index contributed by atoms with van der Waals surface area (Å²) in [5.41, 5.74) is -0.282. The van der Waals surface area contributed by atoms with Gasteiger partial charge in [-0.05, 0) is 23.8 Å². The van der Waals surface area contributed by atoms with Gasteiger partial charge in [0.25, 0.3) is 11.2 Å². The second-order valence-corrected chi connectivity index (χ2v) is 5.78. The number of non-ortho nitro benzene ring substituents is 1. The van der Waals surface area contributed by atoms with Crippen LogP contribution in [0.3, 0.4) is 0 Å². The fraction of sp³-hybridized carbons (Fsp3) is 0.0625. The van der Waals surface area contributed by atoms with Gasteiger partial charge in [-0.3, -0.25) is 14.9 Å². The van der Waals surface area contributed by atoms with E-state index >= 15 is 0 Å². The summed E-state index contributed by atoms with van der Waals surface area (Å²) in [6.07, 6.45) is -1.47. The fourth-order valence-electron chi connectivity index (χ4n) is 2.46. The number of hydrogen-bond acceptors (Lipinski definition) is 7. The number of aliphatic hydroxyl groups excluding tert-OH is 1. The van der Waals surface area contributed by atoms with E-state index in [4.69, 9.17) is 17.4 Å². The molecule has 0 aliphatic rings. The Balaban J connectivity index is 2.09. The number of nitrogens with two attached hydrogens (primary N) is 1. The van der Waals surface area contributed by atoms with Crippen molar-refractivity contribution in [2.75, 3.05) is 0 Å². The fourth-order valence-corrected chi connectivity index (χ4v) is 2.63. The second kappa shape index (κ2) is 6.90. The number of H-pyrrole nitrogens is 1. The number of fused-ring (bicyclic) bond motifs is 1. The van der Waals surface area contributed by atoms with Crippen molar-refractivity contribution in [3.8, 4) is 0 Å². The number of hydrazone groups is 1. The molecular formula is C16H12ClN5O4. The number of aromatic nitrogens is 2. The summed E-state index contributed by atoms with van der Waals surface area (Å²) in [6, 6.07) is 10.0. The number of halogens is 1. The molecule has 10 heteroatoms. The molecule has 0 aliphatic carbocycles. The highest BCUT2D eigenvalue weighted by Crippen LogP contribution is 2.22. The lowest BCUT2D eigenvalue weighted by Gasteiger charge is -2.13. The molecule has 0 aliphatic heterocycles. The molecule has 2 aromatic carbocycles. The lowest BCUT2D eigenvalue weighted by molar-refractivity contribution is -0.385. The summed E-state index contributed by atoms with van der Waals surface area (Å²) in [5.74, 6) is 5.36. The molecule has 0 bridgehead atoms. The quantitative estimate of drug-likeness (QED) is 0.275. The largest absolute Gasteiger partial charge is 0.382 e. The predicted octanol–water partition coefficient (Wildman–Crippen LogP) is 1.88. The van der Waals surface area contributed by atoms with Gasteiger partial charge in [-0.2, -0.15) is 5.10 Å². The predicted molar refractivity (Wildman–Crippen MR) is 96.2 cm³/mol. The van der Waals surface area contributed by atoms with Crippen LogP contribution in [0.15, 0.2) is 52.4 Å². The Bertz CT molecular complexity index is 1100. The monoisotopic (exact) mass is 373 g/mol. The van der Waals surface area contributed by atoms with Crippen molar-refractivity contribution >= 4 is 34.0 Å². The van der Waals surface area contributed by atoms with E-state index in [-0.39, 0.29) is 22.7 Å². The average molecular weight is 374 g/mol. The Morgan fingerprint density at radius 2 is 2.12 bits per heavy atom. The lowest BCUT2D eigenvalue weighted by atomic mass is 10.0. The standard InChI is InChI=1S/C16H12ClN5O4/c17-9-4-5-11-12(7-9)20-16(24)14(19-11)13(21-18)15(23)8-2-1-3-10(6-8)22(25)26/h1-7,15,23H,18H2,(H,20,24)/b21-13-. The molecule has 0 radical (unpaired) electrons. The molecule has 0 saturated heterocycles. The smallest absolute Gasteiger partial charge is 0.276 e. The van der Waals surface area contributed by atoms with Gasteiger partial charge in [0.15, 0.2) is 5.69 Å². The van der Waals surface area contributed by atoms with Crippen LogP contribution in [-0.2, 0) is 0 Å². The molecule has 9 nitrogen and oxygen atoms in total. The van der Waals surface area contributed by atoms with Crippen LogP contribution in [-0.4, -0.2) is 25.7 Å². The van der Waals surface area contributed by atoms with E-state index in [1.807, 2.05) is 0 Å². The number of hydrogen-bond donors (Lipinski definition) is 3. The highest BCUT2D eigenvalue weighted by Gasteiger charge is 2.23. The highest BCUT2D eigenvalue weighted by molar-refractivity contribution is 6.31. The van der Waals surface area contributed by atoms with Crippen LogP contribution in [0, 0.1) is 10.1 Å². The molecule has 3 rings (SSSR count). The van der Waals surface area contributed by atoms with Crippen molar-refractivity contribution in [2.24, 2.45) is 10.9 Å². The van der Waals surface area contributed by atoms with E-state index in [1.54, 1.807) is 12.1 Å². The van der Waals surface area contributed by atoms with Gasteiger partial charge in [0.2, 0.25) is 0 Å². The minimum atomic E-state index is -1.47. The molecule has 1 unspecified atom stereocenters. The number of nitrogens with zero attached hydrogens (tertiary/aromatic N) is 3. The van der Waals surface area contributed by atoms with Crippen LogP contribution in [0.2, 0.25) is 5.02 Å². The van der Waals surface area contributed by atoms with Gasteiger partial charge in [0.1, 0.15) is 11.8 Å². The molecule has 26 heavy (non-hydrogen) atoms. The Hall–Kier alpha value is -3.30. The highest BCUT2D eigenvalue weighted by atomic mass is 35.5. The number of rotatable bonds is 4. The zero-order valence-corrected chi connectivity index (χ0v) is 13.8. The zero-order chi connectivity index (χ0) is 18.8. The molecule has 0 spiro atoms. The van der Waals surface area contributed by atoms with Crippen molar-refractivity contribution in [3.63, 3.8) is 0 Å². The summed E-state index contributed by atoms with van der Waals surface area (Å²) < 4.78 is 0. The zero-order valence-electron chi connectivity index (χ0n) is 13.1. The molecule has 0 saturated carbocycles. The number of aromatic amines is 1. The van der Waals surface area contributed by atoms with Gasteiger partial charge in [-0.15, -0.1) is 0 Å². The summed E-state index contributed by atoms with van der Waals surface area (Å²) >= 11 is 5.88. The number of nitro benzene ring substituents is 1. The van der Waals surface area contributed by atoms with Crippen LogP contribution in [0.5, 0.6) is 0 Å². The maximum Gasteiger partial charge on any atom is 0.276 e. The first-order valence-corrected chi connectivity index (χ1v) is 7.68. The van der Waals surface area contributed by atoms with E-state index in [0.717, 1.165) is 0 Å². The summed E-state index contributed by atoms with van der Waals surface area (Å²) in [5, 5.41) is 25.3. The van der Waals surface area contributed by atoms with Crippen molar-refractivity contribution in [3.05, 3.63) is 79.2 Å². The summed E-state index contributed by atoms with van der Waals surface area (Å²) in [6.45, 7) is 0. The number of nitrogens with one attached hydrogen (secondary N) is 1. The summed E-state index contributed by atoms with van der Waals surface area (Å²) in [4.78, 5) is 29.4. The van der Waals surface area contributed by atoms with E-state index in [0.29, 0.717) is 16.1 Å². The van der Waals surface area contributed by atoms with Gasteiger partial charge >= 0.3 is 0 Å². The second-order valence-electron chi connectivity index (χ2n) is 5.34. The number of nitro groups is 1. The van der Waals surface area contributed by atoms with Crippen molar-refractivity contribution < 1.29 is 10.0 Å². The minimum absolute atomic E-state index is 0.154. The third-order valence-corrected chi connectivity index (χ3v) is 3.93. The van der Waals surface area contributed by atoms with Crippen molar-refractivity contribution in [1.29, 1.82) is 0 Å². The topological polar surface area (TPSA) is 148 Å². The third kappa shape index (κ3) is 3.25.